The number of imide groups is 1. The molecule has 2 aliphatic heterocycles. The van der Waals surface area contributed by atoms with Crippen LogP contribution >= 0.6 is 0 Å². The maximum absolute atomic E-state index is 13.5. The molecule has 1 aromatic heterocycles. The van der Waals surface area contributed by atoms with E-state index in [4.69, 9.17) is 0 Å². The van der Waals surface area contributed by atoms with Crippen molar-refractivity contribution in [2.75, 3.05) is 26.2 Å². The number of aromatic nitrogens is 1. The minimum atomic E-state index is -0.239. The number of piperazine rings is 1. The molecule has 0 radical (unpaired) electrons. The van der Waals surface area contributed by atoms with Crippen LogP contribution in [0.1, 0.15) is 16.7 Å². The van der Waals surface area contributed by atoms with Crippen molar-refractivity contribution in [2.24, 2.45) is 0 Å². The number of hydrogen-bond acceptors (Lipinski definition) is 5. The second kappa shape index (κ2) is 9.38. The maximum Gasteiger partial charge on any atom is 0.278 e. The van der Waals surface area contributed by atoms with Gasteiger partial charge in [-0.25, -0.2) is 0 Å². The van der Waals surface area contributed by atoms with Crippen LogP contribution < -0.4 is 0 Å². The van der Waals surface area contributed by atoms with Crippen molar-refractivity contribution in [2.45, 2.75) is 13.1 Å². The molecule has 0 spiro atoms. The topological polar surface area (TPSA) is 56.8 Å². The lowest BCUT2D eigenvalue weighted by Gasteiger charge is -2.36. The van der Waals surface area contributed by atoms with Crippen LogP contribution in [0.4, 0.5) is 0 Å². The van der Waals surface area contributed by atoms with Gasteiger partial charge in [0.15, 0.2) is 0 Å². The molecule has 2 amide bonds. The molecule has 1 fully saturated rings. The average molecular weight is 439 g/mol. The Balaban J connectivity index is 1.39. The van der Waals surface area contributed by atoms with Gasteiger partial charge in [0.25, 0.3) is 11.8 Å². The fourth-order valence-electron chi connectivity index (χ4n) is 4.51. The van der Waals surface area contributed by atoms with Crippen LogP contribution in [0.15, 0.2) is 90.9 Å². The number of amides is 2. The van der Waals surface area contributed by atoms with Crippen LogP contribution in [0, 0.1) is 0 Å². The highest BCUT2D eigenvalue weighted by molar-refractivity contribution is 6.35. The van der Waals surface area contributed by atoms with Crippen molar-refractivity contribution in [1.29, 1.82) is 0 Å². The lowest BCUT2D eigenvalue weighted by Crippen LogP contribution is -2.47. The zero-order valence-electron chi connectivity index (χ0n) is 18.4. The van der Waals surface area contributed by atoms with Gasteiger partial charge in [-0.3, -0.25) is 24.4 Å². The lowest BCUT2D eigenvalue weighted by atomic mass is 10.0. The highest BCUT2D eigenvalue weighted by Crippen LogP contribution is 2.33. The van der Waals surface area contributed by atoms with E-state index in [-0.39, 0.29) is 18.4 Å². The first-order valence-corrected chi connectivity index (χ1v) is 11.3. The number of hydrogen-bond donors (Lipinski definition) is 0. The maximum atomic E-state index is 13.5. The predicted octanol–water partition coefficient (Wildman–Crippen LogP) is 3.18. The first-order chi connectivity index (χ1) is 16.2. The van der Waals surface area contributed by atoms with Crippen LogP contribution in [0.5, 0.6) is 0 Å². The number of pyridine rings is 1. The first kappa shape index (κ1) is 21.1. The molecule has 0 atom stereocenters. The summed E-state index contributed by atoms with van der Waals surface area (Å²) in [6, 6.07) is 23.6. The van der Waals surface area contributed by atoms with Crippen molar-refractivity contribution in [1.82, 2.24) is 19.7 Å². The molecule has 0 bridgehead atoms. The van der Waals surface area contributed by atoms with Crippen molar-refractivity contribution in [3.05, 3.63) is 108 Å². The van der Waals surface area contributed by atoms with E-state index in [0.717, 1.165) is 30.8 Å². The summed E-state index contributed by atoms with van der Waals surface area (Å²) in [7, 11) is 0. The van der Waals surface area contributed by atoms with Crippen LogP contribution in [0.2, 0.25) is 0 Å². The van der Waals surface area contributed by atoms with E-state index >= 15 is 0 Å². The van der Waals surface area contributed by atoms with E-state index < -0.39 is 0 Å². The van der Waals surface area contributed by atoms with Gasteiger partial charge in [0.1, 0.15) is 5.70 Å². The Morgan fingerprint density at radius 3 is 2.03 bits per heavy atom. The number of benzene rings is 2. The highest BCUT2D eigenvalue weighted by Gasteiger charge is 2.42. The molecule has 0 saturated carbocycles. The summed E-state index contributed by atoms with van der Waals surface area (Å²) in [6.45, 7) is 4.20. The molecule has 0 N–H and O–H groups in total. The van der Waals surface area contributed by atoms with Gasteiger partial charge in [-0.1, -0.05) is 66.7 Å². The van der Waals surface area contributed by atoms with Gasteiger partial charge in [0, 0.05) is 45.1 Å². The molecule has 0 aliphatic carbocycles. The summed E-state index contributed by atoms with van der Waals surface area (Å²) in [5.74, 6) is -0.462. The standard InChI is InChI=1S/C27H26N4O2/c32-26-24(23-11-5-2-6-12-23)25(27(33)31(26)20-22-10-7-13-28-18-22)30-16-14-29(15-17-30)19-21-8-3-1-4-9-21/h1-13,18H,14-17,19-20H2. The summed E-state index contributed by atoms with van der Waals surface area (Å²) in [5.41, 5.74) is 3.92. The second-order valence-corrected chi connectivity index (χ2v) is 8.40. The zero-order chi connectivity index (χ0) is 22.6. The molecule has 3 aromatic rings. The summed E-state index contributed by atoms with van der Waals surface area (Å²) >= 11 is 0. The summed E-state index contributed by atoms with van der Waals surface area (Å²) in [4.78, 5) is 37.0. The molecule has 1 saturated heterocycles. The van der Waals surface area contributed by atoms with E-state index in [9.17, 15) is 9.59 Å². The minimum Gasteiger partial charge on any atom is -0.364 e. The Bertz CT molecular complexity index is 1150. The first-order valence-electron chi connectivity index (χ1n) is 11.3. The van der Waals surface area contributed by atoms with E-state index in [0.29, 0.717) is 24.4 Å². The fraction of sp³-hybridized carbons (Fsp3) is 0.222. The highest BCUT2D eigenvalue weighted by atomic mass is 16.2. The Morgan fingerprint density at radius 1 is 0.697 bits per heavy atom. The van der Waals surface area contributed by atoms with Crippen LogP contribution in [0.25, 0.3) is 5.57 Å². The lowest BCUT2D eigenvalue weighted by molar-refractivity contribution is -0.138. The quantitative estimate of drug-likeness (QED) is 0.554. The van der Waals surface area contributed by atoms with Gasteiger partial charge in [0.2, 0.25) is 0 Å². The molecular weight excluding hydrogens is 412 g/mol. The van der Waals surface area contributed by atoms with Crippen LogP contribution in [-0.4, -0.2) is 57.7 Å². The summed E-state index contributed by atoms with van der Waals surface area (Å²) in [5, 5.41) is 0. The van der Waals surface area contributed by atoms with Crippen molar-refractivity contribution >= 4 is 17.4 Å². The van der Waals surface area contributed by atoms with Gasteiger partial charge in [-0.2, -0.15) is 0 Å². The molecule has 6 nitrogen and oxygen atoms in total. The molecule has 2 aliphatic rings. The van der Waals surface area contributed by atoms with Gasteiger partial charge < -0.3 is 4.90 Å². The number of carbonyl (C=O) groups is 2. The third-order valence-corrected chi connectivity index (χ3v) is 6.21. The van der Waals surface area contributed by atoms with Gasteiger partial charge in [-0.15, -0.1) is 0 Å². The van der Waals surface area contributed by atoms with Crippen molar-refractivity contribution in [3.63, 3.8) is 0 Å². The van der Waals surface area contributed by atoms with E-state index in [1.165, 1.54) is 10.5 Å². The molecule has 5 rings (SSSR count). The molecule has 33 heavy (non-hydrogen) atoms. The predicted molar refractivity (Wildman–Crippen MR) is 126 cm³/mol. The van der Waals surface area contributed by atoms with E-state index in [1.807, 2.05) is 48.5 Å². The van der Waals surface area contributed by atoms with Crippen molar-refractivity contribution < 1.29 is 9.59 Å². The average Bonchev–Trinajstić information content (AvgIpc) is 3.11. The summed E-state index contributed by atoms with van der Waals surface area (Å²) < 4.78 is 0. The van der Waals surface area contributed by atoms with Gasteiger partial charge in [-0.05, 0) is 22.8 Å². The minimum absolute atomic E-state index is 0.222. The number of nitrogens with zero attached hydrogens (tertiary/aromatic N) is 4. The molecule has 2 aromatic carbocycles. The Hall–Kier alpha value is -3.77. The third-order valence-electron chi connectivity index (χ3n) is 6.21. The molecule has 0 unspecified atom stereocenters. The van der Waals surface area contributed by atoms with Crippen molar-refractivity contribution in [3.8, 4) is 0 Å². The Morgan fingerprint density at radius 2 is 1.36 bits per heavy atom. The van der Waals surface area contributed by atoms with Crippen LogP contribution in [-0.2, 0) is 22.7 Å². The smallest absolute Gasteiger partial charge is 0.278 e. The van der Waals surface area contributed by atoms with E-state index in [2.05, 4.69) is 39.0 Å². The zero-order valence-corrected chi connectivity index (χ0v) is 18.4. The Labute approximate surface area is 193 Å². The number of carbonyl (C=O) groups excluding carboxylic acids is 2. The monoisotopic (exact) mass is 438 g/mol. The second-order valence-electron chi connectivity index (χ2n) is 8.40. The van der Waals surface area contributed by atoms with Gasteiger partial charge >= 0.3 is 0 Å². The molecule has 166 valence electrons. The van der Waals surface area contributed by atoms with Gasteiger partial charge in [0.05, 0.1) is 12.1 Å². The molecule has 6 heteroatoms. The van der Waals surface area contributed by atoms with Crippen LogP contribution in [0.3, 0.4) is 0 Å². The normalized spacial score (nSPS) is 17.2. The number of rotatable bonds is 6. The summed E-state index contributed by atoms with van der Waals surface area (Å²) in [6.07, 6.45) is 3.38. The third kappa shape index (κ3) is 4.43. The largest absolute Gasteiger partial charge is 0.364 e. The molecule has 3 heterocycles. The fourth-order valence-corrected chi connectivity index (χ4v) is 4.51. The molecular formula is C27H26N4O2. The SMILES string of the molecule is O=C1C(c2ccccc2)=C(N2CCN(Cc3ccccc3)CC2)C(=O)N1Cc1cccnc1. The van der Waals surface area contributed by atoms with E-state index in [1.54, 1.807) is 12.4 Å². The Kier molecular flexibility index (Phi) is 6.00.